The maximum atomic E-state index is 13.8. The van der Waals surface area contributed by atoms with Crippen LogP contribution in [0.4, 0.5) is 26.3 Å². The lowest BCUT2D eigenvalue weighted by Gasteiger charge is -2.34. The second-order valence-electron chi connectivity index (χ2n) is 22.8. The zero-order valence-electron chi connectivity index (χ0n) is 49.8. The number of nitrogens with zero attached hydrogens (tertiary/aromatic N) is 4. The van der Waals surface area contributed by atoms with Crippen molar-refractivity contribution in [1.82, 2.24) is 29.9 Å². The number of aliphatic imine (C=N–C) groups is 2. The van der Waals surface area contributed by atoms with Gasteiger partial charge < -0.3 is 40.2 Å². The standard InChI is InChI=1S/C31H37F3N4O6S.C31H35F3N4O6S/c2*1-21-17-23-6-5-22(21)7-16-45(41,42)38-11-8-30(9-12-38)29(40)36-27(37-30)24-18-25(31(32,33)34)20-26(19-24)44-14-4-2-3-13-43-15-10-35-28(23)39/h5-6,17-20H,2-4,7-16H2,1H3,(H,35,39)(H,36,37,40);2-3,5-6,17-20H,4,7-16H2,1H3,(H,35,39)(H,36,37,40)/b;3-2+. The molecule has 2 saturated heterocycles. The van der Waals surface area contributed by atoms with Crippen molar-refractivity contribution >= 4 is 55.3 Å². The van der Waals surface area contributed by atoms with Gasteiger partial charge in [0.05, 0.1) is 55.7 Å². The Labute approximate surface area is 518 Å². The summed E-state index contributed by atoms with van der Waals surface area (Å²) in [5.74, 6) is -1.80. The van der Waals surface area contributed by atoms with Crippen molar-refractivity contribution in [1.29, 1.82) is 0 Å². The Balaban J connectivity index is 0.000000213. The smallest absolute Gasteiger partial charge is 0.416 e. The molecule has 2 fully saturated rings. The van der Waals surface area contributed by atoms with Crippen LogP contribution in [0.3, 0.4) is 0 Å². The van der Waals surface area contributed by atoms with Crippen LogP contribution in [-0.4, -0.2) is 162 Å². The number of aryl methyl sites for hydroxylation is 4. The van der Waals surface area contributed by atoms with Gasteiger partial charge in [-0.1, -0.05) is 24.3 Å². The molecule has 4 aromatic carbocycles. The van der Waals surface area contributed by atoms with Crippen molar-refractivity contribution in [3.8, 4) is 11.5 Å². The van der Waals surface area contributed by atoms with Gasteiger partial charge in [0, 0.05) is 68.1 Å². The van der Waals surface area contributed by atoms with E-state index in [0.29, 0.717) is 50.1 Å². The van der Waals surface area contributed by atoms with Crippen LogP contribution >= 0.6 is 0 Å². The Morgan fingerprint density at radius 2 is 0.956 bits per heavy atom. The number of nitrogens with one attached hydrogen (secondary N) is 4. The van der Waals surface area contributed by atoms with Crippen LogP contribution in [0.5, 0.6) is 11.5 Å². The van der Waals surface area contributed by atoms with E-state index >= 15 is 0 Å². The molecule has 4 amide bonds. The fourth-order valence-electron chi connectivity index (χ4n) is 11.2. The molecule has 0 aliphatic carbocycles. The number of alkyl halides is 6. The molecule has 14 rings (SSSR count). The Morgan fingerprint density at radius 1 is 0.511 bits per heavy atom. The van der Waals surface area contributed by atoms with E-state index in [2.05, 4.69) is 31.3 Å². The number of hydrogen-bond donors (Lipinski definition) is 4. The van der Waals surface area contributed by atoms with Crippen LogP contribution in [0.2, 0.25) is 0 Å². The molecule has 486 valence electrons. The SMILES string of the molecule is Cc1cc2ccc1CCS(=O)(=O)N1CCC3(CC1)N=C(NC3=O)c1cc(cc(C(F)(F)F)c1)OCC/C=C/COCCNC2=O.Cc1cc2ccc1CCS(=O)(=O)N1CCC3(CC1)N=C(NC3=O)c1cc(cc(C(F)(F)F)c1)OCCCCCOCCNC2=O. The molecule has 10 aliphatic rings. The van der Waals surface area contributed by atoms with Crippen LogP contribution in [0.25, 0.3) is 0 Å². The molecule has 10 aliphatic heterocycles. The third-order valence-corrected chi connectivity index (χ3v) is 20.3. The molecule has 0 unspecified atom stereocenters. The number of carbonyl (C=O) groups excluding carboxylic acids is 4. The zero-order valence-corrected chi connectivity index (χ0v) is 51.5. The molecule has 28 heteroatoms. The van der Waals surface area contributed by atoms with Crippen molar-refractivity contribution in [2.24, 2.45) is 9.98 Å². The minimum Gasteiger partial charge on any atom is -0.494 e. The van der Waals surface area contributed by atoms with Crippen LogP contribution in [0.1, 0.15) is 117 Å². The summed E-state index contributed by atoms with van der Waals surface area (Å²) in [6.07, 6.45) is -2.51. The van der Waals surface area contributed by atoms with Crippen LogP contribution in [-0.2, 0) is 64.3 Å². The van der Waals surface area contributed by atoms with Gasteiger partial charge in [-0.3, -0.25) is 29.2 Å². The molecule has 4 N–H and O–H groups in total. The number of rotatable bonds is 0. The predicted octanol–water partition coefficient (Wildman–Crippen LogP) is 6.99. The van der Waals surface area contributed by atoms with E-state index in [1.165, 1.54) is 20.7 Å². The van der Waals surface area contributed by atoms with Gasteiger partial charge in [-0.05, 0) is 161 Å². The van der Waals surface area contributed by atoms with E-state index in [4.69, 9.17) is 18.9 Å². The topological polar surface area (TPSA) is 253 Å². The van der Waals surface area contributed by atoms with E-state index in [-0.39, 0.29) is 155 Å². The quantitative estimate of drug-likeness (QED) is 0.103. The molecule has 14 bridgehead atoms. The lowest BCUT2D eigenvalue weighted by molar-refractivity contribution is -0.138. The molecule has 2 spiro atoms. The first-order chi connectivity index (χ1) is 42.7. The number of amidine groups is 2. The third-order valence-electron chi connectivity index (χ3n) is 16.5. The molecule has 4 aromatic rings. The lowest BCUT2D eigenvalue weighted by Crippen LogP contribution is -2.50. The average molecular weight is 1300 g/mol. The largest absolute Gasteiger partial charge is 0.494 e. The summed E-state index contributed by atoms with van der Waals surface area (Å²) < 4.78 is 161. The van der Waals surface area contributed by atoms with E-state index in [1.807, 2.05) is 13.8 Å². The number of sulfonamides is 2. The van der Waals surface area contributed by atoms with Crippen molar-refractivity contribution in [2.75, 3.05) is 90.4 Å². The van der Waals surface area contributed by atoms with Gasteiger partial charge in [0.2, 0.25) is 20.0 Å². The highest BCUT2D eigenvalue weighted by atomic mass is 32.2. The monoisotopic (exact) mass is 1300 g/mol. The summed E-state index contributed by atoms with van der Waals surface area (Å²) >= 11 is 0. The van der Waals surface area contributed by atoms with Gasteiger partial charge in [0.1, 0.15) is 34.2 Å². The van der Waals surface area contributed by atoms with Crippen LogP contribution < -0.4 is 30.7 Å². The molecule has 90 heavy (non-hydrogen) atoms. The molecule has 0 saturated carbocycles. The zero-order chi connectivity index (χ0) is 64.5. The molecule has 20 nitrogen and oxygen atoms in total. The van der Waals surface area contributed by atoms with E-state index in [9.17, 15) is 62.4 Å². The first kappa shape index (κ1) is 67.2. The number of fused-ring (bicyclic) bond motifs is 4. The first-order valence-electron chi connectivity index (χ1n) is 29.8. The van der Waals surface area contributed by atoms with E-state index in [0.717, 1.165) is 52.9 Å². The molecule has 10 heterocycles. The second kappa shape index (κ2) is 28.5. The number of benzene rings is 4. The third kappa shape index (κ3) is 16.8. The maximum Gasteiger partial charge on any atom is 0.416 e. The van der Waals surface area contributed by atoms with Crippen LogP contribution in [0, 0.1) is 13.8 Å². The number of hydrogen-bond acceptors (Lipinski definition) is 14. The fourth-order valence-corrected chi connectivity index (χ4v) is 14.2. The minimum absolute atomic E-state index is 0.00597. The number of amides is 4. The van der Waals surface area contributed by atoms with Gasteiger partial charge in [0.25, 0.3) is 23.6 Å². The highest BCUT2D eigenvalue weighted by molar-refractivity contribution is 7.89. The summed E-state index contributed by atoms with van der Waals surface area (Å²) in [5.41, 5.74) is -0.176. The highest BCUT2D eigenvalue weighted by Gasteiger charge is 2.49. The first-order valence-corrected chi connectivity index (χ1v) is 33.0. The molecular weight excluding hydrogens is 1230 g/mol. The maximum absolute atomic E-state index is 13.8. The number of ether oxygens (including phenoxy) is 4. The Morgan fingerprint density at radius 3 is 1.41 bits per heavy atom. The second-order valence-corrected chi connectivity index (χ2v) is 27.0. The Hall–Kier alpha value is -7.24. The highest BCUT2D eigenvalue weighted by Crippen LogP contribution is 2.38. The van der Waals surface area contributed by atoms with Crippen molar-refractivity contribution in [2.45, 2.75) is 101 Å². The number of halogens is 6. The summed E-state index contributed by atoms with van der Waals surface area (Å²) in [6.45, 7) is 6.04. The summed E-state index contributed by atoms with van der Waals surface area (Å²) in [4.78, 5) is 60.5. The molecule has 0 aromatic heterocycles. The minimum atomic E-state index is -4.66. The van der Waals surface area contributed by atoms with Gasteiger partial charge in [0.15, 0.2) is 0 Å². The Kier molecular flexibility index (Phi) is 21.3. The van der Waals surface area contributed by atoms with Crippen molar-refractivity contribution in [3.63, 3.8) is 0 Å². The molecule has 0 radical (unpaired) electrons. The van der Waals surface area contributed by atoms with E-state index in [1.54, 1.807) is 48.6 Å². The van der Waals surface area contributed by atoms with Gasteiger partial charge >= 0.3 is 12.4 Å². The molecular formula is C62H72F6N8O12S2. The summed E-state index contributed by atoms with van der Waals surface area (Å²) in [7, 11) is -7.37. The van der Waals surface area contributed by atoms with Gasteiger partial charge in [-0.15, -0.1) is 0 Å². The predicted molar refractivity (Wildman–Crippen MR) is 322 cm³/mol. The fraction of sp³-hybridized carbons (Fsp3) is 0.484. The summed E-state index contributed by atoms with van der Waals surface area (Å²) in [5, 5.41) is 10.9. The number of piperidine rings is 2. The normalized spacial score (nSPS) is 25.2. The summed E-state index contributed by atoms with van der Waals surface area (Å²) in [6, 6.07) is 16.8. The lowest BCUT2D eigenvalue weighted by atomic mass is 9.89. The number of carbonyl (C=O) groups is 4. The van der Waals surface area contributed by atoms with E-state index < -0.39 is 66.4 Å². The van der Waals surface area contributed by atoms with Crippen LogP contribution in [0.15, 0.2) is 94.9 Å². The van der Waals surface area contributed by atoms with Gasteiger partial charge in [-0.25, -0.2) is 25.4 Å². The average Bonchev–Trinajstić information content (AvgIpc) is 1.66. The van der Waals surface area contributed by atoms with Gasteiger partial charge in [-0.2, -0.15) is 26.3 Å². The Bertz CT molecular complexity index is 3640. The molecule has 0 atom stereocenters. The van der Waals surface area contributed by atoms with Crippen molar-refractivity contribution in [3.05, 3.63) is 141 Å². The van der Waals surface area contributed by atoms with Crippen molar-refractivity contribution < 1.29 is 81.3 Å².